The van der Waals surface area contributed by atoms with E-state index in [1.165, 1.54) is 22.3 Å². The molecular formula is C55H82O4. The lowest BCUT2D eigenvalue weighted by Gasteiger charge is -2.29. The molecule has 326 valence electrons. The van der Waals surface area contributed by atoms with Crippen LogP contribution >= 0.6 is 0 Å². The molecule has 0 aliphatic rings. The van der Waals surface area contributed by atoms with Gasteiger partial charge in [0.05, 0.1) is 0 Å². The van der Waals surface area contributed by atoms with Crippen molar-refractivity contribution in [1.29, 1.82) is 0 Å². The minimum Gasteiger partial charge on any atom is -0.507 e. The molecule has 0 amide bonds. The highest BCUT2D eigenvalue weighted by atomic mass is 16.3. The highest BCUT2D eigenvalue weighted by molar-refractivity contribution is 5.54. The fourth-order valence-corrected chi connectivity index (χ4v) is 8.08. The third-order valence-electron chi connectivity index (χ3n) is 11.7. The fraction of sp³-hybridized carbons (Fsp3) is 0.564. The number of benzene rings is 4. The zero-order chi connectivity index (χ0) is 45.6. The Morgan fingerprint density at radius 3 is 0.780 bits per heavy atom. The van der Waals surface area contributed by atoms with Crippen LogP contribution in [0.25, 0.3) is 0 Å². The van der Waals surface area contributed by atoms with E-state index in [1.54, 1.807) is 0 Å². The molecule has 0 fully saturated rings. The first kappa shape index (κ1) is 49.4. The van der Waals surface area contributed by atoms with E-state index in [1.807, 2.05) is 13.8 Å². The molecule has 59 heavy (non-hydrogen) atoms. The summed E-state index contributed by atoms with van der Waals surface area (Å²) in [5, 5.41) is 43.2. The van der Waals surface area contributed by atoms with Crippen LogP contribution in [0.5, 0.6) is 23.0 Å². The maximum Gasteiger partial charge on any atom is 0.123 e. The molecule has 0 spiro atoms. The van der Waals surface area contributed by atoms with Crippen LogP contribution in [-0.2, 0) is 45.3 Å². The molecule has 4 rings (SSSR count). The van der Waals surface area contributed by atoms with E-state index >= 15 is 0 Å². The van der Waals surface area contributed by atoms with E-state index in [0.29, 0.717) is 23.0 Å². The number of hydrogen-bond acceptors (Lipinski definition) is 4. The van der Waals surface area contributed by atoms with Crippen LogP contribution < -0.4 is 0 Å². The average Bonchev–Trinajstić information content (AvgIpc) is 3.05. The summed E-state index contributed by atoms with van der Waals surface area (Å²) in [7, 11) is 0. The number of phenolic OH excluding ortho intramolecular Hbond substituents is 4. The molecule has 0 saturated carbocycles. The average molecular weight is 807 g/mol. The van der Waals surface area contributed by atoms with Gasteiger partial charge in [-0.25, -0.2) is 0 Å². The van der Waals surface area contributed by atoms with Gasteiger partial charge in [-0.05, 0) is 132 Å². The Morgan fingerprint density at radius 1 is 0.356 bits per heavy atom. The Bertz CT molecular complexity index is 1880. The third kappa shape index (κ3) is 11.9. The van der Waals surface area contributed by atoms with Crippen molar-refractivity contribution in [2.75, 3.05) is 0 Å². The number of hydrogen-bond donors (Lipinski definition) is 4. The van der Waals surface area contributed by atoms with E-state index in [9.17, 15) is 20.4 Å². The zero-order valence-corrected chi connectivity index (χ0v) is 41.1. The van der Waals surface area contributed by atoms with E-state index in [0.717, 1.165) is 63.8 Å². The third-order valence-corrected chi connectivity index (χ3v) is 11.7. The van der Waals surface area contributed by atoms with E-state index in [-0.39, 0.29) is 38.4 Å². The number of aromatic hydroxyl groups is 4. The van der Waals surface area contributed by atoms with Crippen molar-refractivity contribution < 1.29 is 20.4 Å². The van der Waals surface area contributed by atoms with Gasteiger partial charge in [-0.15, -0.1) is 0 Å². The maximum absolute atomic E-state index is 11.0. The summed E-state index contributed by atoms with van der Waals surface area (Å²) in [6.45, 7) is 44.8. The van der Waals surface area contributed by atoms with E-state index in [4.69, 9.17) is 0 Å². The van der Waals surface area contributed by atoms with Crippen LogP contribution in [0, 0.1) is 13.8 Å². The lowest BCUT2D eigenvalue weighted by Crippen LogP contribution is -2.18. The van der Waals surface area contributed by atoms with Gasteiger partial charge >= 0.3 is 0 Å². The van der Waals surface area contributed by atoms with Crippen molar-refractivity contribution in [2.45, 2.75) is 203 Å². The first-order valence-corrected chi connectivity index (χ1v) is 21.9. The summed E-state index contributed by atoms with van der Waals surface area (Å²) in [6, 6.07) is 17.3. The van der Waals surface area contributed by atoms with Crippen molar-refractivity contribution in [1.82, 2.24) is 0 Å². The number of phenols is 4. The van der Waals surface area contributed by atoms with E-state index in [2.05, 4.69) is 180 Å². The van der Waals surface area contributed by atoms with Gasteiger partial charge < -0.3 is 20.4 Å². The largest absolute Gasteiger partial charge is 0.507 e. The molecule has 0 aliphatic heterocycles. The number of aryl methyl sites for hydroxylation is 4. The Morgan fingerprint density at radius 2 is 0.576 bits per heavy atom. The number of rotatable bonds is 6. The van der Waals surface area contributed by atoms with Crippen molar-refractivity contribution in [3.63, 3.8) is 0 Å². The lowest BCUT2D eigenvalue weighted by molar-refractivity contribution is 0.421. The summed E-state index contributed by atoms with van der Waals surface area (Å²) < 4.78 is 0. The topological polar surface area (TPSA) is 80.9 Å². The predicted molar refractivity (Wildman–Crippen MR) is 254 cm³/mol. The Labute approximate surface area is 360 Å². The minimum atomic E-state index is -0.128. The fourth-order valence-electron chi connectivity index (χ4n) is 8.08. The summed E-state index contributed by atoms with van der Waals surface area (Å²) in [5.41, 5.74) is 12.1. The van der Waals surface area contributed by atoms with Crippen molar-refractivity contribution in [2.24, 2.45) is 0 Å². The van der Waals surface area contributed by atoms with Gasteiger partial charge in [-0.3, -0.25) is 0 Å². The molecule has 0 radical (unpaired) electrons. The van der Waals surface area contributed by atoms with Crippen LogP contribution in [0.3, 0.4) is 0 Å². The van der Waals surface area contributed by atoms with Crippen LogP contribution in [-0.4, -0.2) is 20.4 Å². The first-order valence-electron chi connectivity index (χ1n) is 21.9. The molecule has 4 aromatic carbocycles. The monoisotopic (exact) mass is 807 g/mol. The van der Waals surface area contributed by atoms with Crippen molar-refractivity contribution in [3.05, 3.63) is 115 Å². The molecule has 0 unspecified atom stereocenters. The van der Waals surface area contributed by atoms with Crippen LogP contribution in [0.15, 0.2) is 48.5 Å². The summed E-state index contributed by atoms with van der Waals surface area (Å²) in [6.07, 6.45) is 2.75. The molecule has 0 aliphatic carbocycles. The van der Waals surface area contributed by atoms with Crippen LogP contribution in [0.2, 0.25) is 0 Å². The van der Waals surface area contributed by atoms with Gasteiger partial charge in [-0.2, -0.15) is 0 Å². The highest BCUT2D eigenvalue weighted by Crippen LogP contribution is 2.44. The smallest absolute Gasteiger partial charge is 0.123 e. The van der Waals surface area contributed by atoms with E-state index < -0.39 is 0 Å². The standard InChI is InChI=1S/C30H46O2.C25H36O2/c1-27(2,3)21-15-19(16-22(25(21)31)28(4,5)6)13-14-20-17-23(29(7,8)9)26(32)24(18-20)30(10,11)12;1-10-19(17-11-15(2)22(26)20(13-17)24(4,5)6)18-12-16(3)23(27)21(14-18)25(7,8)9/h15-18,31-32H,13-14H2,1-12H3;11-14,19,26-27H,10H2,1-9H3. The van der Waals surface area contributed by atoms with Gasteiger partial charge in [0.1, 0.15) is 23.0 Å². The molecule has 4 nitrogen and oxygen atoms in total. The molecule has 0 heterocycles. The quantitative estimate of drug-likeness (QED) is 0.156. The Hall–Kier alpha value is -3.92. The van der Waals surface area contributed by atoms with Gasteiger partial charge in [-0.1, -0.05) is 180 Å². The minimum absolute atomic E-state index is 0.120. The second-order valence-electron chi connectivity index (χ2n) is 23.5. The van der Waals surface area contributed by atoms with Gasteiger partial charge in [0, 0.05) is 5.92 Å². The van der Waals surface area contributed by atoms with Crippen LogP contribution in [0.1, 0.15) is 211 Å². The Kier molecular flexibility index (Phi) is 14.4. The summed E-state index contributed by atoms with van der Waals surface area (Å²) in [5.74, 6) is 1.90. The molecule has 0 aromatic heterocycles. The first-order chi connectivity index (χ1) is 26.5. The molecule has 0 saturated heterocycles. The van der Waals surface area contributed by atoms with Gasteiger partial charge in [0.15, 0.2) is 0 Å². The predicted octanol–water partition coefficient (Wildman–Crippen LogP) is 14.9. The maximum atomic E-state index is 11.0. The second-order valence-corrected chi connectivity index (χ2v) is 23.5. The summed E-state index contributed by atoms with van der Waals surface area (Å²) >= 11 is 0. The summed E-state index contributed by atoms with van der Waals surface area (Å²) in [4.78, 5) is 0. The molecule has 4 aromatic rings. The molecular weight excluding hydrogens is 725 g/mol. The zero-order valence-electron chi connectivity index (χ0n) is 41.1. The molecule has 4 heteroatoms. The van der Waals surface area contributed by atoms with Crippen LogP contribution in [0.4, 0.5) is 0 Å². The Balaban J connectivity index is 0.000000320. The normalized spacial score (nSPS) is 13.1. The lowest BCUT2D eigenvalue weighted by atomic mass is 9.77. The van der Waals surface area contributed by atoms with Gasteiger partial charge in [0.2, 0.25) is 0 Å². The molecule has 4 N–H and O–H groups in total. The SMILES string of the molecule is CC(C)(C)c1cc(CCc2cc(C(C)(C)C)c(O)c(C(C)(C)C)c2)cc(C(C)(C)C)c1O.CCC(c1cc(C)c(O)c(C(C)(C)C)c1)c1cc(C)c(O)c(C(C)(C)C)c1. The van der Waals surface area contributed by atoms with Crippen molar-refractivity contribution >= 4 is 0 Å². The molecule has 0 atom stereocenters. The second kappa shape index (κ2) is 17.2. The van der Waals surface area contributed by atoms with Crippen molar-refractivity contribution in [3.8, 4) is 23.0 Å². The highest BCUT2D eigenvalue weighted by Gasteiger charge is 2.29. The molecule has 0 bridgehead atoms. The van der Waals surface area contributed by atoms with Gasteiger partial charge in [0.25, 0.3) is 0 Å².